The Hall–Kier alpha value is -1.19. The van der Waals surface area contributed by atoms with Crippen molar-refractivity contribution in [3.63, 3.8) is 0 Å². The fourth-order valence-corrected chi connectivity index (χ4v) is 0.718. The van der Waals surface area contributed by atoms with Crippen molar-refractivity contribution in [2.45, 2.75) is 6.92 Å². The first-order valence-corrected chi connectivity index (χ1v) is 2.63. The van der Waals surface area contributed by atoms with Crippen molar-refractivity contribution in [1.82, 2.24) is 9.24 Å². The van der Waals surface area contributed by atoms with Crippen molar-refractivity contribution >= 4 is 0 Å². The summed E-state index contributed by atoms with van der Waals surface area (Å²) in [5.74, 6) is 5.29. The van der Waals surface area contributed by atoms with Gasteiger partial charge in [0.1, 0.15) is 0 Å². The van der Waals surface area contributed by atoms with E-state index in [2.05, 4.69) is 0 Å². The van der Waals surface area contributed by atoms with Gasteiger partial charge in [-0.1, -0.05) is 0 Å². The molecular formula is C5H9N3O. The van der Waals surface area contributed by atoms with E-state index < -0.39 is 0 Å². The van der Waals surface area contributed by atoms with Crippen LogP contribution in [0.25, 0.3) is 0 Å². The van der Waals surface area contributed by atoms with Crippen LogP contribution in [-0.2, 0) is 7.05 Å². The molecule has 2 N–H and O–H groups in total. The van der Waals surface area contributed by atoms with Crippen LogP contribution >= 0.6 is 0 Å². The highest BCUT2D eigenvalue weighted by molar-refractivity contribution is 4.96. The molecule has 50 valence electrons. The lowest BCUT2D eigenvalue weighted by Gasteiger charge is -1.87. The lowest BCUT2D eigenvalue weighted by molar-refractivity contribution is 0.801. The van der Waals surface area contributed by atoms with Gasteiger partial charge in [-0.25, -0.2) is 9.47 Å². The smallest absolute Gasteiger partial charge is 0.335 e. The predicted molar refractivity (Wildman–Crippen MR) is 34.6 cm³/mol. The molecule has 0 saturated heterocycles. The van der Waals surface area contributed by atoms with Gasteiger partial charge >= 0.3 is 5.69 Å². The van der Waals surface area contributed by atoms with E-state index in [1.165, 1.54) is 4.57 Å². The number of hydrogen-bond acceptors (Lipinski definition) is 2. The summed E-state index contributed by atoms with van der Waals surface area (Å²) < 4.78 is 2.55. The summed E-state index contributed by atoms with van der Waals surface area (Å²) in [4.78, 5) is 10.8. The minimum atomic E-state index is -0.187. The van der Waals surface area contributed by atoms with E-state index in [-0.39, 0.29) is 5.69 Å². The van der Waals surface area contributed by atoms with Crippen molar-refractivity contribution in [3.8, 4) is 0 Å². The monoisotopic (exact) mass is 127 g/mol. The molecule has 9 heavy (non-hydrogen) atoms. The van der Waals surface area contributed by atoms with E-state index >= 15 is 0 Å². The van der Waals surface area contributed by atoms with E-state index in [0.29, 0.717) is 0 Å². The number of rotatable bonds is 0. The minimum absolute atomic E-state index is 0.187. The highest BCUT2D eigenvalue weighted by Crippen LogP contribution is 1.85. The van der Waals surface area contributed by atoms with Crippen molar-refractivity contribution in [2.24, 2.45) is 7.05 Å². The van der Waals surface area contributed by atoms with Gasteiger partial charge in [0.15, 0.2) is 0 Å². The molecule has 1 heterocycles. The first kappa shape index (κ1) is 5.94. The molecule has 0 aliphatic heterocycles. The number of imidazole rings is 1. The van der Waals surface area contributed by atoms with E-state index in [0.717, 1.165) is 10.4 Å². The summed E-state index contributed by atoms with van der Waals surface area (Å²) >= 11 is 0. The Balaban J connectivity index is 3.48. The predicted octanol–water partition coefficient (Wildman–Crippen LogP) is -0.791. The Morgan fingerprint density at radius 1 is 1.67 bits per heavy atom. The van der Waals surface area contributed by atoms with Gasteiger partial charge in [-0.05, 0) is 6.92 Å². The van der Waals surface area contributed by atoms with Gasteiger partial charge in [-0.15, -0.1) is 0 Å². The molecule has 0 amide bonds. The topological polar surface area (TPSA) is 53.0 Å². The standard InChI is InChI=1S/C5H9N3O/c1-4-3-7(2)5(9)8(4)6/h3H,6H2,1-2H3. The summed E-state index contributed by atoms with van der Waals surface area (Å²) in [6.45, 7) is 1.78. The highest BCUT2D eigenvalue weighted by atomic mass is 16.2. The number of nitrogens with zero attached hydrogens (tertiary/aromatic N) is 2. The van der Waals surface area contributed by atoms with Crippen molar-refractivity contribution in [1.29, 1.82) is 0 Å². The maximum atomic E-state index is 10.8. The summed E-state index contributed by atoms with van der Waals surface area (Å²) in [6, 6.07) is 0. The van der Waals surface area contributed by atoms with Gasteiger partial charge < -0.3 is 10.4 Å². The van der Waals surface area contributed by atoms with Crippen LogP contribution in [0.4, 0.5) is 0 Å². The SMILES string of the molecule is Cc1cn(C)c(=O)n1N. The number of aromatic nitrogens is 2. The van der Waals surface area contributed by atoms with Crippen LogP contribution < -0.4 is 11.5 Å². The molecule has 0 radical (unpaired) electrons. The molecule has 0 spiro atoms. The molecule has 0 unspecified atom stereocenters. The maximum Gasteiger partial charge on any atom is 0.346 e. The summed E-state index contributed by atoms with van der Waals surface area (Å²) in [6.07, 6.45) is 1.68. The summed E-state index contributed by atoms with van der Waals surface area (Å²) in [5.41, 5.74) is 0.579. The van der Waals surface area contributed by atoms with Crippen LogP contribution in [0.1, 0.15) is 5.69 Å². The summed E-state index contributed by atoms with van der Waals surface area (Å²) in [5, 5.41) is 0. The Kier molecular flexibility index (Phi) is 1.09. The lowest BCUT2D eigenvalue weighted by Crippen LogP contribution is -2.28. The van der Waals surface area contributed by atoms with Crippen molar-refractivity contribution in [2.75, 3.05) is 5.84 Å². The normalized spacial score (nSPS) is 10.0. The first-order chi connectivity index (χ1) is 4.13. The van der Waals surface area contributed by atoms with Gasteiger partial charge in [0.25, 0.3) is 0 Å². The van der Waals surface area contributed by atoms with Gasteiger partial charge in [-0.3, -0.25) is 0 Å². The Morgan fingerprint density at radius 2 is 2.22 bits per heavy atom. The van der Waals surface area contributed by atoms with Crippen LogP contribution in [0, 0.1) is 6.92 Å². The quantitative estimate of drug-likeness (QED) is 0.464. The lowest BCUT2D eigenvalue weighted by atomic mass is 10.6. The molecule has 1 rings (SSSR count). The van der Waals surface area contributed by atoms with E-state index in [4.69, 9.17) is 5.84 Å². The van der Waals surface area contributed by atoms with Gasteiger partial charge in [0.05, 0.1) is 5.69 Å². The maximum absolute atomic E-state index is 10.8. The van der Waals surface area contributed by atoms with Gasteiger partial charge in [0, 0.05) is 13.2 Å². The second-order valence-corrected chi connectivity index (χ2v) is 2.03. The minimum Gasteiger partial charge on any atom is -0.335 e. The van der Waals surface area contributed by atoms with Crippen LogP contribution in [0.3, 0.4) is 0 Å². The average Bonchev–Trinajstić information content (AvgIpc) is 1.98. The zero-order valence-corrected chi connectivity index (χ0v) is 5.46. The van der Waals surface area contributed by atoms with Crippen LogP contribution in [0.5, 0.6) is 0 Å². The molecule has 0 fully saturated rings. The third-order valence-electron chi connectivity index (χ3n) is 1.27. The van der Waals surface area contributed by atoms with E-state index in [1.54, 1.807) is 20.2 Å². The van der Waals surface area contributed by atoms with Crippen LogP contribution in [0.2, 0.25) is 0 Å². The van der Waals surface area contributed by atoms with Crippen LogP contribution in [0.15, 0.2) is 11.0 Å². The van der Waals surface area contributed by atoms with Crippen molar-refractivity contribution < 1.29 is 0 Å². The molecule has 0 aliphatic carbocycles. The highest BCUT2D eigenvalue weighted by Gasteiger charge is 1.98. The largest absolute Gasteiger partial charge is 0.346 e. The second kappa shape index (κ2) is 1.65. The molecule has 1 aromatic rings. The molecule has 4 nitrogen and oxygen atoms in total. The average molecular weight is 127 g/mol. The van der Waals surface area contributed by atoms with E-state index in [1.807, 2.05) is 0 Å². The zero-order valence-electron chi connectivity index (χ0n) is 5.46. The second-order valence-electron chi connectivity index (χ2n) is 2.03. The molecule has 1 aromatic heterocycles. The van der Waals surface area contributed by atoms with Crippen molar-refractivity contribution in [3.05, 3.63) is 22.4 Å². The summed E-state index contributed by atoms with van der Waals surface area (Å²) in [7, 11) is 1.67. The molecule has 0 aromatic carbocycles. The third-order valence-corrected chi connectivity index (χ3v) is 1.27. The fourth-order valence-electron chi connectivity index (χ4n) is 0.718. The number of aryl methyl sites for hydroxylation is 2. The van der Waals surface area contributed by atoms with E-state index in [9.17, 15) is 4.79 Å². The number of nitrogens with two attached hydrogens (primary N) is 1. The number of hydrogen-bond donors (Lipinski definition) is 1. The number of nitrogen functional groups attached to an aromatic ring is 1. The molecule has 0 saturated carbocycles. The molecule has 0 bridgehead atoms. The molecule has 0 atom stereocenters. The third kappa shape index (κ3) is 0.718. The Morgan fingerprint density at radius 3 is 2.33 bits per heavy atom. The van der Waals surface area contributed by atoms with Gasteiger partial charge in [0.2, 0.25) is 0 Å². The Labute approximate surface area is 52.5 Å². The first-order valence-electron chi connectivity index (χ1n) is 2.63. The molecule has 4 heteroatoms. The van der Waals surface area contributed by atoms with Crippen LogP contribution in [-0.4, -0.2) is 9.24 Å². The zero-order chi connectivity index (χ0) is 7.02. The fraction of sp³-hybridized carbons (Fsp3) is 0.400. The molecule has 0 aliphatic rings. The molecular weight excluding hydrogens is 118 g/mol. The Bertz CT molecular complexity index is 270. The van der Waals surface area contributed by atoms with Gasteiger partial charge in [-0.2, -0.15) is 0 Å².